The van der Waals surface area contributed by atoms with Gasteiger partial charge in [0.2, 0.25) is 0 Å². The van der Waals surface area contributed by atoms with Gasteiger partial charge in [-0.3, -0.25) is 14.0 Å². The van der Waals surface area contributed by atoms with Crippen LogP contribution in [0.4, 0.5) is 5.69 Å². The maximum absolute atomic E-state index is 13.2. The molecule has 0 spiro atoms. The molecule has 1 heterocycles. The number of nitriles is 1. The quantitative estimate of drug-likeness (QED) is 0.274. The van der Waals surface area contributed by atoms with Gasteiger partial charge in [0.05, 0.1) is 42.2 Å². The fourth-order valence-electron chi connectivity index (χ4n) is 4.58. The van der Waals surface area contributed by atoms with E-state index in [1.165, 1.54) is 18.2 Å². The molecule has 0 saturated carbocycles. The van der Waals surface area contributed by atoms with E-state index in [9.17, 15) is 40.8 Å². The molecule has 212 valence electrons. The summed E-state index contributed by atoms with van der Waals surface area (Å²) >= 11 is 0. The number of allylic oxidation sites excluding steroid dienone is 1. The highest BCUT2D eigenvalue weighted by Gasteiger charge is 2.43. The van der Waals surface area contributed by atoms with Crippen LogP contribution in [-0.4, -0.2) is 52.1 Å². The molecule has 0 aliphatic carbocycles. The number of carbonyl (C=O) groups is 2. The van der Waals surface area contributed by atoms with Crippen LogP contribution < -0.4 is 10.6 Å². The second-order valence-electron chi connectivity index (χ2n) is 8.61. The first-order valence-corrected chi connectivity index (χ1v) is 14.3. The van der Waals surface area contributed by atoms with Gasteiger partial charge in [-0.25, -0.2) is 9.59 Å². The molecule has 0 aromatic heterocycles. The number of esters is 2. The zero-order valence-corrected chi connectivity index (χ0v) is 22.9. The van der Waals surface area contributed by atoms with Crippen molar-refractivity contribution in [3.8, 4) is 6.07 Å². The van der Waals surface area contributed by atoms with Gasteiger partial charge in [0.1, 0.15) is 16.4 Å². The number of ether oxygens (including phenoxy) is 2. The van der Waals surface area contributed by atoms with Crippen molar-refractivity contribution >= 4 is 48.6 Å². The maximum atomic E-state index is 13.2. The lowest BCUT2D eigenvalue weighted by Gasteiger charge is -2.36. The Bertz CT molecular complexity index is 1930. The summed E-state index contributed by atoms with van der Waals surface area (Å²) in [6, 6.07) is 15.3. The van der Waals surface area contributed by atoms with Crippen molar-refractivity contribution < 1.29 is 45.0 Å². The van der Waals surface area contributed by atoms with E-state index < -0.39 is 53.6 Å². The Labute approximate surface area is 234 Å². The summed E-state index contributed by atoms with van der Waals surface area (Å²) in [5.41, 5.74) is 5.98. The zero-order valence-electron chi connectivity index (χ0n) is 21.3. The molecule has 4 rings (SSSR count). The van der Waals surface area contributed by atoms with Gasteiger partial charge in [0.15, 0.2) is 0 Å². The van der Waals surface area contributed by atoms with Crippen molar-refractivity contribution in [2.24, 2.45) is 5.73 Å². The lowest BCUT2D eigenvalue weighted by atomic mass is 9.81. The van der Waals surface area contributed by atoms with Crippen LogP contribution in [0.5, 0.6) is 0 Å². The Morgan fingerprint density at radius 1 is 0.927 bits per heavy atom. The average molecular weight is 600 g/mol. The van der Waals surface area contributed by atoms with Gasteiger partial charge in [0.25, 0.3) is 20.2 Å². The van der Waals surface area contributed by atoms with Crippen molar-refractivity contribution in [2.75, 3.05) is 19.1 Å². The minimum atomic E-state index is -4.97. The second-order valence-corrected chi connectivity index (χ2v) is 11.4. The summed E-state index contributed by atoms with van der Waals surface area (Å²) in [6.45, 7) is 0. The number of hydrogen-bond acceptors (Lipinski definition) is 11. The monoisotopic (exact) mass is 599 g/mol. The molecule has 1 unspecified atom stereocenters. The zero-order chi connectivity index (χ0) is 30.3. The van der Waals surface area contributed by atoms with E-state index >= 15 is 0 Å². The van der Waals surface area contributed by atoms with Crippen LogP contribution >= 0.6 is 0 Å². The van der Waals surface area contributed by atoms with E-state index in [0.29, 0.717) is 11.6 Å². The number of carbonyl (C=O) groups excluding carboxylic acids is 2. The fraction of sp³-hybridized carbons (Fsp3) is 0.115. The van der Waals surface area contributed by atoms with Crippen LogP contribution in [0.15, 0.2) is 93.1 Å². The summed E-state index contributed by atoms with van der Waals surface area (Å²) in [7, 11) is -7.78. The molecule has 0 saturated heterocycles. The highest BCUT2D eigenvalue weighted by atomic mass is 32.2. The molecule has 4 N–H and O–H groups in total. The van der Waals surface area contributed by atoms with Crippen molar-refractivity contribution in [1.82, 2.24) is 0 Å². The van der Waals surface area contributed by atoms with Crippen molar-refractivity contribution in [1.29, 1.82) is 5.26 Å². The average Bonchev–Trinajstić information content (AvgIpc) is 2.94. The summed E-state index contributed by atoms with van der Waals surface area (Å²) in [5.74, 6) is -3.46. The van der Waals surface area contributed by atoms with Gasteiger partial charge in [0, 0.05) is 11.1 Å². The molecule has 1 aliphatic rings. The third-order valence-electron chi connectivity index (χ3n) is 6.32. The Morgan fingerprint density at radius 3 is 2.10 bits per heavy atom. The van der Waals surface area contributed by atoms with Crippen LogP contribution in [0.2, 0.25) is 0 Å². The van der Waals surface area contributed by atoms with E-state index in [2.05, 4.69) is 0 Å². The lowest BCUT2D eigenvalue weighted by molar-refractivity contribution is -0.139. The van der Waals surface area contributed by atoms with Gasteiger partial charge < -0.3 is 15.2 Å². The molecule has 13 nitrogen and oxygen atoms in total. The standard InChI is InChI=1S/C26H21N3O10S2/c1-38-25(30)22-21(14-6-4-3-5-7-14)19(13-27)24(28)29(23(22)26(31)39-2)16-8-9-18-15(10-16)11-17(40(32,33)34)12-20(18)41(35,36)37/h3-12,21H,28H2,1-2H3,(H,32,33,34)(H,35,36,37). The van der Waals surface area contributed by atoms with Gasteiger partial charge in [-0.15, -0.1) is 0 Å². The van der Waals surface area contributed by atoms with Gasteiger partial charge in [-0.05, 0) is 35.2 Å². The molecule has 0 amide bonds. The summed E-state index contributed by atoms with van der Waals surface area (Å²) in [5, 5.41) is 9.86. The molecular formula is C26H21N3O10S2. The number of benzene rings is 3. The molecule has 0 fully saturated rings. The topological polar surface area (TPSA) is 214 Å². The molecule has 3 aromatic rings. The number of anilines is 1. The van der Waals surface area contributed by atoms with E-state index in [-0.39, 0.29) is 33.4 Å². The van der Waals surface area contributed by atoms with Crippen LogP contribution in [0.25, 0.3) is 10.8 Å². The number of rotatable bonds is 6. The van der Waals surface area contributed by atoms with Crippen molar-refractivity contribution in [3.63, 3.8) is 0 Å². The van der Waals surface area contributed by atoms with Gasteiger partial charge >= 0.3 is 11.9 Å². The molecular weight excluding hydrogens is 578 g/mol. The van der Waals surface area contributed by atoms with Crippen molar-refractivity contribution in [2.45, 2.75) is 15.7 Å². The van der Waals surface area contributed by atoms with E-state index in [4.69, 9.17) is 15.2 Å². The molecule has 41 heavy (non-hydrogen) atoms. The minimum absolute atomic E-state index is 0.0372. The third-order valence-corrected chi connectivity index (χ3v) is 8.04. The number of fused-ring (bicyclic) bond motifs is 1. The molecule has 3 aromatic carbocycles. The van der Waals surface area contributed by atoms with Crippen LogP contribution in [-0.2, 0) is 39.3 Å². The second kappa shape index (κ2) is 10.7. The number of hydrogen-bond donors (Lipinski definition) is 3. The summed E-state index contributed by atoms with van der Waals surface area (Å²) in [6.07, 6.45) is 0. The first-order valence-electron chi connectivity index (χ1n) is 11.4. The van der Waals surface area contributed by atoms with Crippen LogP contribution in [0, 0.1) is 11.3 Å². The highest BCUT2D eigenvalue weighted by Crippen LogP contribution is 2.44. The highest BCUT2D eigenvalue weighted by molar-refractivity contribution is 7.86. The fourth-order valence-corrected chi connectivity index (χ4v) is 5.94. The molecule has 15 heteroatoms. The van der Waals surface area contributed by atoms with E-state index in [1.54, 1.807) is 30.3 Å². The van der Waals surface area contributed by atoms with Gasteiger partial charge in [-0.1, -0.05) is 36.4 Å². The van der Waals surface area contributed by atoms with E-state index in [1.807, 2.05) is 6.07 Å². The predicted molar refractivity (Wildman–Crippen MR) is 143 cm³/mol. The lowest BCUT2D eigenvalue weighted by Crippen LogP contribution is -2.40. The number of nitrogens with zero attached hydrogens (tertiary/aromatic N) is 2. The van der Waals surface area contributed by atoms with Crippen LogP contribution in [0.3, 0.4) is 0 Å². The Morgan fingerprint density at radius 2 is 1.56 bits per heavy atom. The van der Waals surface area contributed by atoms with Crippen LogP contribution in [0.1, 0.15) is 11.5 Å². The van der Waals surface area contributed by atoms with Crippen molar-refractivity contribution in [3.05, 3.63) is 88.9 Å². The van der Waals surface area contributed by atoms with Gasteiger partial charge in [-0.2, -0.15) is 22.1 Å². The Kier molecular flexibility index (Phi) is 7.61. The molecule has 1 atom stereocenters. The third kappa shape index (κ3) is 5.24. The molecule has 0 radical (unpaired) electrons. The maximum Gasteiger partial charge on any atom is 0.355 e. The predicted octanol–water partition coefficient (Wildman–Crippen LogP) is 2.23. The molecule has 1 aliphatic heterocycles. The molecule has 0 bridgehead atoms. The summed E-state index contributed by atoms with van der Waals surface area (Å²) < 4.78 is 77.0. The normalized spacial score (nSPS) is 16.0. The number of methoxy groups -OCH3 is 2. The first kappa shape index (κ1) is 29.2. The SMILES string of the molecule is COC(=O)C1=C(C(=O)OC)N(c2ccc3c(S(=O)(=O)O)cc(S(=O)(=O)O)cc3c2)C(N)=C(C#N)C1c1ccccc1. The largest absolute Gasteiger partial charge is 0.466 e. The smallest absolute Gasteiger partial charge is 0.355 e. The van der Waals surface area contributed by atoms with E-state index in [0.717, 1.165) is 25.2 Å². The Hall–Kier alpha value is -4.75. The summed E-state index contributed by atoms with van der Waals surface area (Å²) in [4.78, 5) is 25.7. The first-order chi connectivity index (χ1) is 19.2. The Balaban J connectivity index is 2.12. The minimum Gasteiger partial charge on any atom is -0.466 e. The number of nitrogens with two attached hydrogens (primary N) is 1.